The molecule has 0 saturated heterocycles. The van der Waals surface area contributed by atoms with Crippen molar-refractivity contribution in [2.75, 3.05) is 11.1 Å². The van der Waals surface area contributed by atoms with Crippen LogP contribution in [0.25, 0.3) is 11.0 Å². The van der Waals surface area contributed by atoms with E-state index in [-0.39, 0.29) is 18.2 Å². The molecular formula is C18H16F3N7O. The number of aromatic nitrogens is 5. The van der Waals surface area contributed by atoms with E-state index in [0.29, 0.717) is 34.9 Å². The summed E-state index contributed by atoms with van der Waals surface area (Å²) in [5.74, 6) is 1.18. The smallest absolute Gasteiger partial charge is 0.368 e. The number of alkyl halides is 3. The molecule has 4 rings (SSSR count). The quantitative estimate of drug-likeness (QED) is 0.526. The standard InChI is InChI=1S/C18H16F3N7O/c1-10-7-12(27-29-10)8-23-16-15-13(25-17(22)26-16)5-6-28(15)9-11-3-2-4-14(24-11)18(19,20)21/h2-7H,8-9H2,1H3,(H3,22,23,25,26). The van der Waals surface area contributed by atoms with E-state index in [9.17, 15) is 13.2 Å². The number of aryl methyl sites for hydroxylation is 1. The summed E-state index contributed by atoms with van der Waals surface area (Å²) in [7, 11) is 0. The Morgan fingerprint density at radius 3 is 2.69 bits per heavy atom. The lowest BCUT2D eigenvalue weighted by Gasteiger charge is -2.12. The van der Waals surface area contributed by atoms with Crippen LogP contribution in [0.15, 0.2) is 41.1 Å². The Morgan fingerprint density at radius 2 is 1.97 bits per heavy atom. The van der Waals surface area contributed by atoms with Gasteiger partial charge >= 0.3 is 6.18 Å². The van der Waals surface area contributed by atoms with Crippen LogP contribution in [0.3, 0.4) is 0 Å². The maximum Gasteiger partial charge on any atom is 0.433 e. The van der Waals surface area contributed by atoms with Gasteiger partial charge in [0.2, 0.25) is 5.95 Å². The van der Waals surface area contributed by atoms with Crippen molar-refractivity contribution in [3.8, 4) is 0 Å². The van der Waals surface area contributed by atoms with E-state index >= 15 is 0 Å². The molecule has 0 aromatic carbocycles. The number of nitrogens with one attached hydrogen (secondary N) is 1. The zero-order valence-electron chi connectivity index (χ0n) is 15.2. The fourth-order valence-corrected chi connectivity index (χ4v) is 2.96. The topological polar surface area (TPSA) is 108 Å². The highest BCUT2D eigenvalue weighted by Crippen LogP contribution is 2.28. The first-order valence-electron chi connectivity index (χ1n) is 8.61. The number of halogens is 3. The number of anilines is 2. The van der Waals surface area contributed by atoms with Crippen LogP contribution in [0.4, 0.5) is 24.9 Å². The van der Waals surface area contributed by atoms with Gasteiger partial charge in [0.25, 0.3) is 0 Å². The Balaban J connectivity index is 1.67. The minimum atomic E-state index is -4.51. The summed E-state index contributed by atoms with van der Waals surface area (Å²) in [6.45, 7) is 2.22. The van der Waals surface area contributed by atoms with E-state index in [1.165, 1.54) is 12.1 Å². The van der Waals surface area contributed by atoms with Crippen LogP contribution in [-0.4, -0.2) is 24.7 Å². The summed E-state index contributed by atoms with van der Waals surface area (Å²) < 4.78 is 45.6. The molecule has 0 atom stereocenters. The van der Waals surface area contributed by atoms with E-state index in [1.54, 1.807) is 29.8 Å². The Hall–Kier alpha value is -3.63. The SMILES string of the molecule is Cc1cc(CNc2nc(N)nc3ccn(Cc4cccc(C(F)(F)F)n4)c23)no1. The number of pyridine rings is 1. The van der Waals surface area contributed by atoms with Crippen molar-refractivity contribution >= 4 is 22.8 Å². The lowest BCUT2D eigenvalue weighted by molar-refractivity contribution is -0.141. The molecule has 0 unspecified atom stereocenters. The second-order valence-electron chi connectivity index (χ2n) is 6.40. The van der Waals surface area contributed by atoms with Crippen molar-refractivity contribution in [1.82, 2.24) is 24.7 Å². The van der Waals surface area contributed by atoms with Crippen molar-refractivity contribution in [1.29, 1.82) is 0 Å². The molecule has 3 N–H and O–H groups in total. The fourth-order valence-electron chi connectivity index (χ4n) is 2.96. The fraction of sp³-hybridized carbons (Fsp3) is 0.222. The third-order valence-electron chi connectivity index (χ3n) is 4.17. The lowest BCUT2D eigenvalue weighted by atomic mass is 10.3. The molecule has 0 amide bonds. The molecule has 150 valence electrons. The van der Waals surface area contributed by atoms with Crippen LogP contribution in [0.2, 0.25) is 0 Å². The molecule has 0 fully saturated rings. The van der Waals surface area contributed by atoms with Crippen LogP contribution >= 0.6 is 0 Å². The van der Waals surface area contributed by atoms with Crippen molar-refractivity contribution in [3.63, 3.8) is 0 Å². The molecule has 0 aliphatic heterocycles. The monoisotopic (exact) mass is 403 g/mol. The zero-order chi connectivity index (χ0) is 20.6. The molecule has 0 bridgehead atoms. The molecule has 4 aromatic heterocycles. The minimum Gasteiger partial charge on any atom is -0.368 e. The van der Waals surface area contributed by atoms with Gasteiger partial charge in [-0.05, 0) is 25.1 Å². The predicted molar refractivity (Wildman–Crippen MR) is 98.8 cm³/mol. The number of rotatable bonds is 5. The second-order valence-corrected chi connectivity index (χ2v) is 6.40. The first-order chi connectivity index (χ1) is 13.8. The van der Waals surface area contributed by atoms with Gasteiger partial charge in [-0.2, -0.15) is 18.2 Å². The molecule has 4 heterocycles. The van der Waals surface area contributed by atoms with Gasteiger partial charge < -0.3 is 20.1 Å². The van der Waals surface area contributed by atoms with Gasteiger partial charge in [-0.3, -0.25) is 0 Å². The first kappa shape index (κ1) is 18.7. The molecule has 0 aliphatic rings. The van der Waals surface area contributed by atoms with Crippen LogP contribution in [0.5, 0.6) is 0 Å². The lowest BCUT2D eigenvalue weighted by Crippen LogP contribution is -2.11. The Morgan fingerprint density at radius 1 is 1.14 bits per heavy atom. The average molecular weight is 403 g/mol. The molecule has 4 aromatic rings. The van der Waals surface area contributed by atoms with Crippen LogP contribution < -0.4 is 11.1 Å². The van der Waals surface area contributed by atoms with Crippen molar-refractivity contribution in [2.45, 2.75) is 26.2 Å². The summed E-state index contributed by atoms with van der Waals surface area (Å²) in [5, 5.41) is 7.04. The molecule has 8 nitrogen and oxygen atoms in total. The summed E-state index contributed by atoms with van der Waals surface area (Å²) >= 11 is 0. The second kappa shape index (κ2) is 7.08. The first-order valence-corrected chi connectivity index (χ1v) is 8.61. The highest BCUT2D eigenvalue weighted by molar-refractivity contribution is 5.87. The van der Waals surface area contributed by atoms with E-state index in [4.69, 9.17) is 10.3 Å². The number of nitrogens with two attached hydrogens (primary N) is 1. The number of fused-ring (bicyclic) bond motifs is 1. The highest BCUT2D eigenvalue weighted by atomic mass is 19.4. The summed E-state index contributed by atoms with van der Waals surface area (Å²) in [6, 6.07) is 7.29. The van der Waals surface area contributed by atoms with Gasteiger partial charge in [0.05, 0.1) is 24.3 Å². The van der Waals surface area contributed by atoms with Gasteiger partial charge in [0.15, 0.2) is 5.82 Å². The number of nitrogen functional groups attached to an aromatic ring is 1. The molecule has 29 heavy (non-hydrogen) atoms. The normalized spacial score (nSPS) is 11.9. The summed E-state index contributed by atoms with van der Waals surface area (Å²) in [5.41, 5.74) is 6.93. The largest absolute Gasteiger partial charge is 0.433 e. The molecule has 0 aliphatic carbocycles. The average Bonchev–Trinajstić information content (AvgIpc) is 3.25. The van der Waals surface area contributed by atoms with E-state index in [1.807, 2.05) is 0 Å². The van der Waals surface area contributed by atoms with Crippen LogP contribution in [-0.2, 0) is 19.3 Å². The highest BCUT2D eigenvalue weighted by Gasteiger charge is 2.32. The Labute approximate surface area is 162 Å². The van der Waals surface area contributed by atoms with Gasteiger partial charge in [0, 0.05) is 12.3 Å². The van der Waals surface area contributed by atoms with Gasteiger partial charge in [-0.25, -0.2) is 9.97 Å². The molecule has 11 heteroatoms. The molecular weight excluding hydrogens is 387 g/mol. The summed E-state index contributed by atoms with van der Waals surface area (Å²) in [6.07, 6.45) is -2.80. The van der Waals surface area contributed by atoms with Crippen LogP contribution in [0, 0.1) is 6.92 Å². The summed E-state index contributed by atoms with van der Waals surface area (Å²) in [4.78, 5) is 12.1. The molecule has 0 radical (unpaired) electrons. The molecule has 0 spiro atoms. The van der Waals surface area contributed by atoms with Crippen molar-refractivity contribution in [2.24, 2.45) is 0 Å². The third kappa shape index (κ3) is 3.98. The van der Waals surface area contributed by atoms with Gasteiger partial charge in [0.1, 0.15) is 22.7 Å². The Bertz CT molecular complexity index is 1170. The minimum absolute atomic E-state index is 0.0753. The molecule has 0 saturated carbocycles. The van der Waals surface area contributed by atoms with Crippen molar-refractivity contribution in [3.05, 3.63) is 59.4 Å². The van der Waals surface area contributed by atoms with Gasteiger partial charge in [-0.1, -0.05) is 11.2 Å². The number of nitrogens with zero attached hydrogens (tertiary/aromatic N) is 5. The number of hydrogen-bond acceptors (Lipinski definition) is 7. The van der Waals surface area contributed by atoms with Crippen LogP contribution in [0.1, 0.15) is 22.8 Å². The predicted octanol–water partition coefficient (Wildman–Crippen LogP) is 3.38. The van der Waals surface area contributed by atoms with E-state index < -0.39 is 11.9 Å². The maximum atomic E-state index is 12.9. The Kier molecular flexibility index (Phi) is 4.57. The zero-order valence-corrected chi connectivity index (χ0v) is 15.2. The maximum absolute atomic E-state index is 12.9. The van der Waals surface area contributed by atoms with E-state index in [2.05, 4.69) is 25.4 Å². The van der Waals surface area contributed by atoms with E-state index in [0.717, 1.165) is 6.07 Å². The van der Waals surface area contributed by atoms with Crippen molar-refractivity contribution < 1.29 is 17.7 Å². The number of hydrogen-bond donors (Lipinski definition) is 2. The third-order valence-corrected chi connectivity index (χ3v) is 4.17. The van der Waals surface area contributed by atoms with Gasteiger partial charge in [-0.15, -0.1) is 0 Å².